The molecule has 22 valence electrons. The number of hydrogen-bond acceptors (Lipinski definition) is 2. The van der Waals surface area contributed by atoms with Gasteiger partial charge in [-0.2, -0.15) is 0 Å². The third-order valence-corrected chi connectivity index (χ3v) is 0. The van der Waals surface area contributed by atoms with Crippen molar-refractivity contribution >= 4 is 35.0 Å². The second-order valence-corrected chi connectivity index (χ2v) is 0. The molecule has 0 aliphatic heterocycles. The predicted octanol–water partition coefficient (Wildman–Crippen LogP) is -1.80. The summed E-state index contributed by atoms with van der Waals surface area (Å²) in [5, 5.41) is 0. The quantitative estimate of drug-likeness (QED) is 0.409. The van der Waals surface area contributed by atoms with Crippen LogP contribution in [-0.2, 0) is 7.32 Å². The normalized spacial score (nSPS) is 1.75. The van der Waals surface area contributed by atoms with E-state index in [-0.39, 0.29) is 35.0 Å². The van der Waals surface area contributed by atoms with Gasteiger partial charge in [0.15, 0.2) is 0 Å². The molecule has 4 heteroatoms. The van der Waals surface area contributed by atoms with E-state index in [2.05, 4.69) is 0 Å². The van der Waals surface area contributed by atoms with Crippen LogP contribution in [-0.4, -0.2) is 35.0 Å². The molecule has 0 aliphatic carbocycles. The van der Waals surface area contributed by atoms with Crippen molar-refractivity contribution in [3.8, 4) is 0 Å². The molecule has 0 atom stereocenters. The Bertz CT molecular complexity index is 8.00. The van der Waals surface area contributed by atoms with Crippen LogP contribution in [0, 0.1) is 0 Å². The van der Waals surface area contributed by atoms with Gasteiger partial charge in [-0.25, -0.2) is 0 Å². The van der Waals surface area contributed by atoms with Crippen LogP contribution in [0.3, 0.4) is 0 Å². The summed E-state index contributed by atoms with van der Waals surface area (Å²) < 4.78 is 16.8. The third kappa shape index (κ3) is 14.5. The second-order valence-electron chi connectivity index (χ2n) is 0. The molecule has 0 fully saturated rings. The molecule has 0 heterocycles. The number of rotatable bonds is 0. The van der Waals surface area contributed by atoms with Gasteiger partial charge in [0.25, 0.3) is 0 Å². The zero-order valence-corrected chi connectivity index (χ0v) is 8.16. The van der Waals surface area contributed by atoms with E-state index < -0.39 is 0 Å². The Morgan fingerprint density at radius 2 is 1.25 bits per heavy atom. The molecule has 0 unspecified atom stereocenters. The first-order chi connectivity index (χ1) is 2.00. The van der Waals surface area contributed by atoms with Crippen LogP contribution in [0.15, 0.2) is 0 Å². The van der Waals surface area contributed by atoms with Crippen molar-refractivity contribution in [3.63, 3.8) is 0 Å². The molecule has 0 amide bonds. The summed E-state index contributed by atoms with van der Waals surface area (Å²) in [6, 6.07) is 0. The van der Waals surface area contributed by atoms with Gasteiger partial charge in [0, 0.05) is 0 Å². The molecule has 0 radical (unpaired) electrons. The van der Waals surface area contributed by atoms with E-state index in [4.69, 9.17) is 7.32 Å². The molecule has 0 aromatic heterocycles. The van der Waals surface area contributed by atoms with Gasteiger partial charge in [-0.05, 0) is 0 Å². The van der Waals surface area contributed by atoms with E-state index in [0.29, 0.717) is 0 Å². The molecule has 0 saturated carbocycles. The summed E-state index contributed by atoms with van der Waals surface area (Å²) in [6.07, 6.45) is 0. The predicted molar refractivity (Wildman–Crippen MR) is 17.1 cm³/mol. The SMILES string of the molecule is [O]=[GaH].[O]=[GeH2]. The van der Waals surface area contributed by atoms with Gasteiger partial charge >= 0.3 is 42.3 Å². The van der Waals surface area contributed by atoms with Crippen LogP contribution < -0.4 is 0 Å². The maximum atomic E-state index is 8.38. The maximum absolute atomic E-state index is 8.38. The van der Waals surface area contributed by atoms with Crippen molar-refractivity contribution in [2.45, 2.75) is 0 Å². The molecule has 0 aromatic carbocycles. The Balaban J connectivity index is 0. The van der Waals surface area contributed by atoms with Crippen LogP contribution in [0.5, 0.6) is 0 Å². The van der Waals surface area contributed by atoms with Crippen molar-refractivity contribution in [3.05, 3.63) is 0 Å². The molecule has 0 aliphatic rings. The Morgan fingerprint density at radius 3 is 1.25 bits per heavy atom. The fourth-order valence-corrected chi connectivity index (χ4v) is 0. The fraction of sp³-hybridized carbons (Fsp3) is 0. The Kier molecular flexibility index (Phi) is 106. The van der Waals surface area contributed by atoms with Gasteiger partial charge in [0.1, 0.15) is 0 Å². The van der Waals surface area contributed by atoms with Crippen molar-refractivity contribution < 1.29 is 7.32 Å². The third-order valence-electron chi connectivity index (χ3n) is 0. The Hall–Kier alpha value is 0.779. The van der Waals surface area contributed by atoms with E-state index >= 15 is 0 Å². The van der Waals surface area contributed by atoms with Crippen LogP contribution in [0.4, 0.5) is 0 Å². The molecular weight excluding hydrogens is 174 g/mol. The second kappa shape index (κ2) is 48.1. The van der Waals surface area contributed by atoms with Crippen molar-refractivity contribution in [2.24, 2.45) is 0 Å². The molecule has 0 aromatic rings. The van der Waals surface area contributed by atoms with E-state index in [1.807, 2.05) is 0 Å². The summed E-state index contributed by atoms with van der Waals surface area (Å²) in [5.41, 5.74) is 0. The zero-order chi connectivity index (χ0) is 4.00. The monoisotopic (exact) mass is 178 g/mol. The van der Waals surface area contributed by atoms with Gasteiger partial charge in [0.05, 0.1) is 0 Å². The van der Waals surface area contributed by atoms with E-state index in [1.54, 1.807) is 0 Å². The standard InChI is InChI=1S/Ga.GeH2O.O.H/c;1-2;;/h;1H2;;. The van der Waals surface area contributed by atoms with Gasteiger partial charge in [-0.15, -0.1) is 0 Å². The number of hydrogen-bond donors (Lipinski definition) is 0. The first-order valence-electron chi connectivity index (χ1n) is 0.577. The summed E-state index contributed by atoms with van der Waals surface area (Å²) in [4.78, 5) is 0. The first kappa shape index (κ1) is 8.84. The van der Waals surface area contributed by atoms with Gasteiger partial charge < -0.3 is 0 Å². The van der Waals surface area contributed by atoms with Crippen LogP contribution in [0.2, 0.25) is 0 Å². The van der Waals surface area contributed by atoms with Gasteiger partial charge in [0.2, 0.25) is 0 Å². The van der Waals surface area contributed by atoms with E-state index in [9.17, 15) is 0 Å². The average Bonchev–Trinajstić information content (AvgIpc) is 1.50. The molecule has 0 N–H and O–H groups in total. The van der Waals surface area contributed by atoms with Crippen LogP contribution in [0.1, 0.15) is 0 Å². The van der Waals surface area contributed by atoms with Gasteiger partial charge in [-0.3, -0.25) is 0 Å². The summed E-state index contributed by atoms with van der Waals surface area (Å²) >= 11 is 0.250. The fourth-order valence-electron chi connectivity index (χ4n) is 0. The topological polar surface area (TPSA) is 34.1 Å². The molecule has 0 spiro atoms. The summed E-state index contributed by atoms with van der Waals surface area (Å²) in [5.74, 6) is 0. The molecule has 4 heavy (non-hydrogen) atoms. The zero-order valence-electron chi connectivity index (χ0n) is 2.23. The minimum atomic E-state index is 0.125. The molecular formula is H3GaGeO2. The Morgan fingerprint density at radius 1 is 1.25 bits per heavy atom. The summed E-state index contributed by atoms with van der Waals surface area (Å²) in [7, 11) is 0. The molecule has 0 saturated heterocycles. The molecule has 0 bridgehead atoms. The van der Waals surface area contributed by atoms with Gasteiger partial charge in [-0.1, -0.05) is 0 Å². The molecule has 0 rings (SSSR count). The summed E-state index contributed by atoms with van der Waals surface area (Å²) in [6.45, 7) is 0. The van der Waals surface area contributed by atoms with E-state index in [0.717, 1.165) is 0 Å². The van der Waals surface area contributed by atoms with Crippen LogP contribution >= 0.6 is 0 Å². The Labute approximate surface area is 42.6 Å². The van der Waals surface area contributed by atoms with Crippen molar-refractivity contribution in [1.82, 2.24) is 0 Å². The average molecular weight is 177 g/mol. The van der Waals surface area contributed by atoms with Crippen molar-refractivity contribution in [2.75, 3.05) is 0 Å². The minimum absolute atomic E-state index is 0.125. The molecule has 2 nitrogen and oxygen atoms in total. The van der Waals surface area contributed by atoms with E-state index in [1.165, 1.54) is 0 Å². The first-order valence-corrected chi connectivity index (χ1v) is 3.00. The van der Waals surface area contributed by atoms with Crippen LogP contribution in [0.25, 0.3) is 0 Å². The van der Waals surface area contributed by atoms with Crippen molar-refractivity contribution in [1.29, 1.82) is 0 Å².